The summed E-state index contributed by atoms with van der Waals surface area (Å²) in [6.07, 6.45) is 1.84. The molecule has 2 fully saturated rings. The Labute approximate surface area is 200 Å². The minimum Gasteiger partial charge on any atom is -0.481 e. The van der Waals surface area contributed by atoms with Crippen LogP contribution >= 0.6 is 0 Å². The van der Waals surface area contributed by atoms with Crippen LogP contribution in [-0.2, 0) is 23.9 Å². The normalized spacial score (nSPS) is 16.8. The Morgan fingerprint density at radius 3 is 2.29 bits per heavy atom. The number of aliphatic carboxylic acids is 1. The van der Waals surface area contributed by atoms with Crippen LogP contribution in [0.1, 0.15) is 66.2 Å². The van der Waals surface area contributed by atoms with Crippen LogP contribution in [0.2, 0.25) is 0 Å². The Balaban J connectivity index is 0.000000239. The van der Waals surface area contributed by atoms with Crippen molar-refractivity contribution in [1.82, 2.24) is 9.78 Å². The molecule has 9 heteroatoms. The average molecular weight is 488 g/mol. The predicted molar refractivity (Wildman–Crippen MR) is 125 cm³/mol. The summed E-state index contributed by atoms with van der Waals surface area (Å²) in [7, 11) is 0. The second-order valence-corrected chi connectivity index (χ2v) is 9.51. The van der Waals surface area contributed by atoms with Crippen LogP contribution < -0.4 is 5.73 Å². The molecule has 186 valence electrons. The van der Waals surface area contributed by atoms with Crippen molar-refractivity contribution in [2.45, 2.75) is 58.2 Å². The quantitative estimate of drug-likeness (QED) is 0.502. The summed E-state index contributed by atoms with van der Waals surface area (Å²) in [5.41, 5.74) is 7.73. The van der Waals surface area contributed by atoms with Gasteiger partial charge in [0.15, 0.2) is 5.69 Å². The van der Waals surface area contributed by atoms with Crippen LogP contribution in [0, 0.1) is 11.3 Å². The molecule has 1 heterocycles. The van der Waals surface area contributed by atoms with Crippen LogP contribution in [0.15, 0.2) is 42.5 Å². The van der Waals surface area contributed by atoms with Gasteiger partial charge in [0.25, 0.3) is 5.91 Å². The summed E-state index contributed by atoms with van der Waals surface area (Å²) in [5, 5.41) is 13.5. The van der Waals surface area contributed by atoms with Gasteiger partial charge in [0, 0.05) is 11.9 Å². The van der Waals surface area contributed by atoms with E-state index < -0.39 is 23.6 Å². The number of carbonyl (C=O) groups excluding carboxylic acids is 1. The van der Waals surface area contributed by atoms with Crippen molar-refractivity contribution in [3.8, 4) is 0 Å². The van der Waals surface area contributed by atoms with E-state index in [2.05, 4.69) is 5.10 Å². The topological polar surface area (TPSA) is 98.2 Å². The van der Waals surface area contributed by atoms with Crippen LogP contribution in [-0.4, -0.2) is 26.8 Å². The van der Waals surface area contributed by atoms with Crippen molar-refractivity contribution in [2.24, 2.45) is 17.1 Å². The van der Waals surface area contributed by atoms with Crippen molar-refractivity contribution in [1.29, 1.82) is 0 Å². The maximum absolute atomic E-state index is 12.7. The summed E-state index contributed by atoms with van der Waals surface area (Å²) < 4.78 is 39.7. The van der Waals surface area contributed by atoms with Crippen molar-refractivity contribution in [3.05, 3.63) is 64.8 Å². The highest BCUT2D eigenvalue weighted by Crippen LogP contribution is 2.58. The number of fused-ring (bicyclic) bond motifs is 1. The van der Waals surface area contributed by atoms with Gasteiger partial charge in [0.1, 0.15) is 0 Å². The molecule has 0 saturated heterocycles. The van der Waals surface area contributed by atoms with Crippen molar-refractivity contribution < 1.29 is 27.9 Å². The number of benzene rings is 2. The first kappa shape index (κ1) is 24.8. The molecule has 2 aliphatic carbocycles. The number of aryl methyl sites for hydroxylation is 1. The third kappa shape index (κ3) is 5.04. The van der Waals surface area contributed by atoms with E-state index in [-0.39, 0.29) is 11.6 Å². The third-order valence-electron chi connectivity index (χ3n) is 7.20. The Hall–Kier alpha value is -3.36. The number of rotatable bonds is 5. The highest BCUT2D eigenvalue weighted by atomic mass is 19.4. The fourth-order valence-electron chi connectivity index (χ4n) is 5.14. The fourth-order valence-corrected chi connectivity index (χ4v) is 5.14. The smallest absolute Gasteiger partial charge is 0.416 e. The summed E-state index contributed by atoms with van der Waals surface area (Å²) in [6.45, 7) is 2.48. The number of carboxylic acids is 1. The molecular weight excluding hydrogens is 459 g/mol. The van der Waals surface area contributed by atoms with Gasteiger partial charge < -0.3 is 10.8 Å². The number of halogens is 3. The molecule has 5 rings (SSSR count). The van der Waals surface area contributed by atoms with Gasteiger partial charge in [-0.05, 0) is 73.8 Å². The van der Waals surface area contributed by atoms with Crippen LogP contribution in [0.5, 0.6) is 0 Å². The average Bonchev–Trinajstić information content (AvgIpc) is 3.12. The standard InChI is InChI=1S/C18H16F3N3O.C8H12O2/c1-2-24-14-5-3-4-12(15(14)16(23-24)17(22)25)10-11-6-8-13(9-7-11)18(19,20)21;9-7(10)6-4-8(5-6)2-1-3-8/h3-9H,2,10H2,1H3,(H2,22,25);6H,1-5H2,(H,9,10). The zero-order valence-corrected chi connectivity index (χ0v) is 19.4. The van der Waals surface area contributed by atoms with E-state index in [1.807, 2.05) is 25.1 Å². The fraction of sp³-hybridized carbons (Fsp3) is 0.423. The molecule has 0 radical (unpaired) electrons. The lowest BCUT2D eigenvalue weighted by molar-refractivity contribution is -0.154. The number of hydrogen-bond acceptors (Lipinski definition) is 3. The number of nitrogens with zero attached hydrogens (tertiary/aromatic N) is 2. The molecule has 3 aromatic rings. The first-order chi connectivity index (χ1) is 16.5. The number of amides is 1. The van der Waals surface area contributed by atoms with E-state index in [4.69, 9.17) is 10.8 Å². The van der Waals surface area contributed by atoms with Gasteiger partial charge >= 0.3 is 12.1 Å². The largest absolute Gasteiger partial charge is 0.481 e. The molecule has 3 N–H and O–H groups in total. The van der Waals surface area contributed by atoms with E-state index in [1.165, 1.54) is 31.4 Å². The monoisotopic (exact) mass is 487 g/mol. The molecule has 6 nitrogen and oxygen atoms in total. The number of carbonyl (C=O) groups is 2. The van der Waals surface area contributed by atoms with Crippen molar-refractivity contribution in [3.63, 3.8) is 0 Å². The molecular formula is C26H28F3N3O3. The van der Waals surface area contributed by atoms with Gasteiger partial charge in [-0.3, -0.25) is 14.3 Å². The highest BCUT2D eigenvalue weighted by molar-refractivity contribution is 6.05. The summed E-state index contributed by atoms with van der Waals surface area (Å²) in [4.78, 5) is 22.1. The Morgan fingerprint density at radius 2 is 1.80 bits per heavy atom. The molecule has 1 amide bonds. The van der Waals surface area contributed by atoms with Gasteiger partial charge in [0.2, 0.25) is 0 Å². The second kappa shape index (κ2) is 9.36. The molecule has 35 heavy (non-hydrogen) atoms. The number of nitrogens with two attached hydrogens (primary N) is 1. The minimum absolute atomic E-state index is 0.000278. The number of aromatic nitrogens is 2. The Bertz CT molecular complexity index is 1240. The first-order valence-electron chi connectivity index (χ1n) is 11.7. The van der Waals surface area contributed by atoms with Gasteiger partial charge in [-0.2, -0.15) is 18.3 Å². The zero-order valence-electron chi connectivity index (χ0n) is 19.4. The molecule has 2 aliphatic rings. The van der Waals surface area contributed by atoms with Crippen LogP contribution in [0.3, 0.4) is 0 Å². The Morgan fingerprint density at radius 1 is 1.14 bits per heavy atom. The lowest BCUT2D eigenvalue weighted by Crippen LogP contribution is -2.45. The Kier molecular flexibility index (Phi) is 6.62. The maximum Gasteiger partial charge on any atom is 0.416 e. The first-order valence-corrected chi connectivity index (χ1v) is 11.7. The highest BCUT2D eigenvalue weighted by Gasteiger charge is 2.50. The van der Waals surface area contributed by atoms with E-state index in [9.17, 15) is 22.8 Å². The second-order valence-electron chi connectivity index (χ2n) is 9.51. The number of primary amides is 1. The van der Waals surface area contributed by atoms with E-state index in [0.29, 0.717) is 29.3 Å². The van der Waals surface area contributed by atoms with Crippen LogP contribution in [0.25, 0.3) is 10.9 Å². The molecule has 1 aromatic heterocycles. The number of carboxylic acid groups (broad SMARTS) is 1. The third-order valence-corrected chi connectivity index (χ3v) is 7.20. The lowest BCUT2D eigenvalue weighted by atomic mass is 9.52. The van der Waals surface area contributed by atoms with Gasteiger partial charge in [-0.25, -0.2) is 0 Å². The van der Waals surface area contributed by atoms with Crippen molar-refractivity contribution >= 4 is 22.8 Å². The van der Waals surface area contributed by atoms with E-state index >= 15 is 0 Å². The summed E-state index contributed by atoms with van der Waals surface area (Å²) in [5.74, 6) is -1.21. The molecule has 2 saturated carbocycles. The molecule has 2 aromatic carbocycles. The van der Waals surface area contributed by atoms with E-state index in [0.717, 1.165) is 36.1 Å². The van der Waals surface area contributed by atoms with Gasteiger partial charge in [0.05, 0.1) is 17.0 Å². The number of hydrogen-bond donors (Lipinski definition) is 2. The lowest BCUT2D eigenvalue weighted by Gasteiger charge is -2.52. The summed E-state index contributed by atoms with van der Waals surface area (Å²) in [6, 6.07) is 10.5. The zero-order chi connectivity index (χ0) is 25.4. The SMILES string of the molecule is CCn1nc(C(N)=O)c2c(Cc3ccc(C(F)(F)F)cc3)cccc21.O=C(O)C1CC2(CCC2)C1. The number of alkyl halides is 3. The van der Waals surface area contributed by atoms with Gasteiger partial charge in [-0.15, -0.1) is 0 Å². The molecule has 0 unspecified atom stereocenters. The molecule has 0 bridgehead atoms. The van der Waals surface area contributed by atoms with E-state index in [1.54, 1.807) is 4.68 Å². The minimum atomic E-state index is -4.36. The van der Waals surface area contributed by atoms with Gasteiger partial charge in [-0.1, -0.05) is 30.7 Å². The summed E-state index contributed by atoms with van der Waals surface area (Å²) >= 11 is 0. The van der Waals surface area contributed by atoms with Crippen molar-refractivity contribution in [2.75, 3.05) is 0 Å². The maximum atomic E-state index is 12.7. The van der Waals surface area contributed by atoms with Crippen LogP contribution in [0.4, 0.5) is 13.2 Å². The molecule has 0 atom stereocenters. The predicted octanol–water partition coefficient (Wildman–Crippen LogP) is 5.42. The molecule has 1 spiro atoms. The molecule has 0 aliphatic heterocycles.